The molecule has 4 nitrogen and oxygen atoms in total. The fourth-order valence-electron chi connectivity index (χ4n) is 2.16. The van der Waals surface area contributed by atoms with Crippen LogP contribution < -0.4 is 5.73 Å². The first-order chi connectivity index (χ1) is 9.15. The Morgan fingerprint density at radius 3 is 2.95 bits per heavy atom. The maximum Gasteiger partial charge on any atom is 0.310 e. The van der Waals surface area contributed by atoms with Crippen molar-refractivity contribution in [2.24, 2.45) is 5.73 Å². The molecule has 0 aliphatic rings. The van der Waals surface area contributed by atoms with E-state index in [9.17, 15) is 4.79 Å². The minimum Gasteiger partial charge on any atom is -0.469 e. The van der Waals surface area contributed by atoms with Crippen molar-refractivity contribution in [3.8, 4) is 0 Å². The SMILES string of the molecule is COC(=O)Cc1cn(CCCN)c2cc(Br)ccc12. The molecule has 1 aromatic carbocycles. The molecule has 2 rings (SSSR count). The van der Waals surface area contributed by atoms with Gasteiger partial charge in [-0.2, -0.15) is 0 Å². The summed E-state index contributed by atoms with van der Waals surface area (Å²) in [5.41, 5.74) is 7.67. The topological polar surface area (TPSA) is 57.2 Å². The van der Waals surface area contributed by atoms with Gasteiger partial charge in [0.25, 0.3) is 0 Å². The number of carbonyl (C=O) groups excluding carboxylic acids is 1. The Morgan fingerprint density at radius 2 is 2.26 bits per heavy atom. The summed E-state index contributed by atoms with van der Waals surface area (Å²) in [6.07, 6.45) is 3.22. The number of hydrogen-bond acceptors (Lipinski definition) is 3. The fraction of sp³-hybridized carbons (Fsp3) is 0.357. The van der Waals surface area contributed by atoms with Crippen molar-refractivity contribution in [1.29, 1.82) is 0 Å². The van der Waals surface area contributed by atoms with Gasteiger partial charge in [-0.3, -0.25) is 4.79 Å². The molecule has 1 heterocycles. The van der Waals surface area contributed by atoms with Crippen LogP contribution in [0.25, 0.3) is 10.9 Å². The Balaban J connectivity index is 2.43. The molecule has 2 aromatic rings. The van der Waals surface area contributed by atoms with Gasteiger partial charge in [-0.15, -0.1) is 0 Å². The van der Waals surface area contributed by atoms with Gasteiger partial charge in [0.2, 0.25) is 0 Å². The van der Waals surface area contributed by atoms with E-state index >= 15 is 0 Å². The second-order valence-electron chi connectivity index (χ2n) is 4.40. The standard InChI is InChI=1S/C14H17BrN2O2/c1-19-14(18)7-10-9-17(6-2-5-16)13-8-11(15)3-4-12(10)13/h3-4,8-9H,2,5-7,16H2,1H3. The Hall–Kier alpha value is -1.33. The van der Waals surface area contributed by atoms with Crippen molar-refractivity contribution in [1.82, 2.24) is 4.57 Å². The summed E-state index contributed by atoms with van der Waals surface area (Å²) in [6, 6.07) is 6.07. The normalized spacial score (nSPS) is 10.9. The highest BCUT2D eigenvalue weighted by Crippen LogP contribution is 2.26. The van der Waals surface area contributed by atoms with Gasteiger partial charge in [0.05, 0.1) is 13.5 Å². The van der Waals surface area contributed by atoms with Gasteiger partial charge in [-0.1, -0.05) is 22.0 Å². The lowest BCUT2D eigenvalue weighted by molar-refractivity contribution is -0.139. The molecule has 0 aliphatic heterocycles. The van der Waals surface area contributed by atoms with Crippen LogP contribution in [0.1, 0.15) is 12.0 Å². The van der Waals surface area contributed by atoms with Crippen molar-refractivity contribution in [2.45, 2.75) is 19.4 Å². The summed E-state index contributed by atoms with van der Waals surface area (Å²) in [5, 5.41) is 1.09. The molecule has 5 heteroatoms. The van der Waals surface area contributed by atoms with Crippen LogP contribution in [0.15, 0.2) is 28.9 Å². The number of carbonyl (C=O) groups is 1. The van der Waals surface area contributed by atoms with E-state index in [4.69, 9.17) is 10.5 Å². The van der Waals surface area contributed by atoms with Crippen molar-refractivity contribution >= 4 is 32.8 Å². The van der Waals surface area contributed by atoms with Gasteiger partial charge in [0, 0.05) is 28.1 Å². The number of aryl methyl sites for hydroxylation is 1. The molecular weight excluding hydrogens is 308 g/mol. The van der Waals surface area contributed by atoms with Gasteiger partial charge in [-0.05, 0) is 30.7 Å². The van der Waals surface area contributed by atoms with Crippen LogP contribution in [-0.2, 0) is 22.5 Å². The number of ether oxygens (including phenoxy) is 1. The third-order valence-corrected chi connectivity index (χ3v) is 3.59. The van der Waals surface area contributed by atoms with Gasteiger partial charge < -0.3 is 15.0 Å². The monoisotopic (exact) mass is 324 g/mol. The lowest BCUT2D eigenvalue weighted by Crippen LogP contribution is -2.05. The Labute approximate surface area is 120 Å². The van der Waals surface area contributed by atoms with E-state index in [1.807, 2.05) is 18.3 Å². The summed E-state index contributed by atoms with van der Waals surface area (Å²) < 4.78 is 7.91. The third-order valence-electron chi connectivity index (χ3n) is 3.09. The quantitative estimate of drug-likeness (QED) is 0.859. The molecule has 0 unspecified atom stereocenters. The third kappa shape index (κ3) is 3.16. The smallest absolute Gasteiger partial charge is 0.310 e. The number of nitrogens with zero attached hydrogens (tertiary/aromatic N) is 1. The number of benzene rings is 1. The zero-order chi connectivity index (χ0) is 13.8. The molecule has 19 heavy (non-hydrogen) atoms. The van der Waals surface area contributed by atoms with Crippen molar-refractivity contribution in [3.63, 3.8) is 0 Å². The highest BCUT2D eigenvalue weighted by molar-refractivity contribution is 9.10. The summed E-state index contributed by atoms with van der Waals surface area (Å²) in [4.78, 5) is 11.5. The van der Waals surface area contributed by atoms with Crippen LogP contribution >= 0.6 is 15.9 Å². The number of aromatic nitrogens is 1. The maximum atomic E-state index is 11.5. The molecule has 2 N–H and O–H groups in total. The number of methoxy groups -OCH3 is 1. The molecule has 102 valence electrons. The largest absolute Gasteiger partial charge is 0.469 e. The highest BCUT2D eigenvalue weighted by atomic mass is 79.9. The van der Waals surface area contributed by atoms with Gasteiger partial charge in [0.1, 0.15) is 0 Å². The van der Waals surface area contributed by atoms with Crippen LogP contribution in [0.4, 0.5) is 0 Å². The molecule has 0 saturated carbocycles. The summed E-state index contributed by atoms with van der Waals surface area (Å²) in [5.74, 6) is -0.221. The van der Waals surface area contributed by atoms with Crippen LogP contribution in [-0.4, -0.2) is 24.2 Å². The van der Waals surface area contributed by atoms with Gasteiger partial charge in [-0.25, -0.2) is 0 Å². The van der Waals surface area contributed by atoms with E-state index in [0.29, 0.717) is 13.0 Å². The van der Waals surface area contributed by atoms with Crippen LogP contribution in [0.3, 0.4) is 0 Å². The van der Waals surface area contributed by atoms with Gasteiger partial charge >= 0.3 is 5.97 Å². The van der Waals surface area contributed by atoms with Crippen LogP contribution in [0.2, 0.25) is 0 Å². The first-order valence-corrected chi connectivity index (χ1v) is 6.99. The second-order valence-corrected chi connectivity index (χ2v) is 5.32. The molecule has 0 atom stereocenters. The number of rotatable bonds is 5. The number of esters is 1. The molecule has 0 spiro atoms. The first-order valence-electron chi connectivity index (χ1n) is 6.20. The number of fused-ring (bicyclic) bond motifs is 1. The molecule has 0 aliphatic carbocycles. The zero-order valence-electron chi connectivity index (χ0n) is 10.9. The minimum atomic E-state index is -0.221. The molecule has 0 fully saturated rings. The van der Waals surface area contributed by atoms with E-state index in [1.54, 1.807) is 0 Å². The molecular formula is C14H17BrN2O2. The highest BCUT2D eigenvalue weighted by Gasteiger charge is 2.12. The lowest BCUT2D eigenvalue weighted by Gasteiger charge is -2.03. The predicted octanol–water partition coefficient (Wildman–Crippen LogP) is 2.47. The van der Waals surface area contributed by atoms with Crippen molar-refractivity contribution < 1.29 is 9.53 Å². The Bertz CT molecular complexity index is 592. The summed E-state index contributed by atoms with van der Waals surface area (Å²) in [6.45, 7) is 1.50. The minimum absolute atomic E-state index is 0.221. The molecule has 0 saturated heterocycles. The lowest BCUT2D eigenvalue weighted by atomic mass is 10.1. The number of hydrogen-bond donors (Lipinski definition) is 1. The van der Waals surface area contributed by atoms with Gasteiger partial charge in [0.15, 0.2) is 0 Å². The van der Waals surface area contributed by atoms with E-state index in [0.717, 1.165) is 33.9 Å². The van der Waals surface area contributed by atoms with Crippen LogP contribution in [0.5, 0.6) is 0 Å². The van der Waals surface area contributed by atoms with E-state index < -0.39 is 0 Å². The number of halogens is 1. The van der Waals surface area contributed by atoms with Crippen LogP contribution in [0, 0.1) is 0 Å². The maximum absolute atomic E-state index is 11.5. The Morgan fingerprint density at radius 1 is 1.47 bits per heavy atom. The second kappa shape index (κ2) is 6.21. The zero-order valence-corrected chi connectivity index (χ0v) is 12.4. The molecule has 0 amide bonds. The predicted molar refractivity (Wildman–Crippen MR) is 79.0 cm³/mol. The Kier molecular flexibility index (Phi) is 4.61. The first kappa shape index (κ1) is 14.1. The number of nitrogens with two attached hydrogens (primary N) is 1. The summed E-state index contributed by atoms with van der Waals surface area (Å²) >= 11 is 3.48. The van der Waals surface area contributed by atoms with E-state index in [-0.39, 0.29) is 5.97 Å². The molecule has 0 radical (unpaired) electrons. The van der Waals surface area contributed by atoms with Crippen molar-refractivity contribution in [2.75, 3.05) is 13.7 Å². The molecule has 0 bridgehead atoms. The average Bonchev–Trinajstić information content (AvgIpc) is 2.73. The van der Waals surface area contributed by atoms with Crippen molar-refractivity contribution in [3.05, 3.63) is 34.4 Å². The van der Waals surface area contributed by atoms with E-state index in [2.05, 4.69) is 26.6 Å². The molecule has 1 aromatic heterocycles. The average molecular weight is 325 g/mol. The fourth-order valence-corrected chi connectivity index (χ4v) is 2.51. The van der Waals surface area contributed by atoms with E-state index in [1.165, 1.54) is 7.11 Å². The summed E-state index contributed by atoms with van der Waals surface area (Å²) in [7, 11) is 1.41.